The zero-order valence-electron chi connectivity index (χ0n) is 12.3. The molecule has 0 aromatic carbocycles. The second-order valence-corrected chi connectivity index (χ2v) is 6.11. The van der Waals surface area contributed by atoms with E-state index in [0.717, 1.165) is 58.0 Å². The molecule has 1 saturated heterocycles. The van der Waals surface area contributed by atoms with Gasteiger partial charge in [0.1, 0.15) is 0 Å². The number of carbonyl (C=O) groups is 2. The first-order valence-electron chi connectivity index (χ1n) is 7.98. The minimum atomic E-state index is 0.102. The van der Waals surface area contributed by atoms with E-state index in [0.29, 0.717) is 13.0 Å². The minimum absolute atomic E-state index is 0.102. The molecular weight excluding hydrogens is 254 g/mol. The van der Waals surface area contributed by atoms with Crippen LogP contribution in [-0.4, -0.2) is 42.4 Å². The Morgan fingerprint density at radius 1 is 1.30 bits per heavy atom. The van der Waals surface area contributed by atoms with Crippen LogP contribution in [0.1, 0.15) is 51.4 Å². The molecule has 5 nitrogen and oxygen atoms in total. The van der Waals surface area contributed by atoms with Crippen LogP contribution in [-0.2, 0) is 9.59 Å². The van der Waals surface area contributed by atoms with E-state index in [9.17, 15) is 9.59 Å². The molecule has 1 aliphatic carbocycles. The Bertz CT molecular complexity index is 346. The van der Waals surface area contributed by atoms with Crippen molar-refractivity contribution in [2.75, 3.05) is 19.6 Å². The Labute approximate surface area is 121 Å². The van der Waals surface area contributed by atoms with E-state index in [1.165, 1.54) is 0 Å². The van der Waals surface area contributed by atoms with Gasteiger partial charge in [-0.3, -0.25) is 9.59 Å². The van der Waals surface area contributed by atoms with Crippen LogP contribution >= 0.6 is 0 Å². The van der Waals surface area contributed by atoms with Crippen molar-refractivity contribution >= 4 is 11.8 Å². The second-order valence-electron chi connectivity index (χ2n) is 6.11. The van der Waals surface area contributed by atoms with Gasteiger partial charge >= 0.3 is 0 Å². The first-order chi connectivity index (χ1) is 9.66. The number of rotatable bonds is 5. The van der Waals surface area contributed by atoms with Gasteiger partial charge in [0.15, 0.2) is 0 Å². The number of likely N-dealkylation sites (tertiary alicyclic amines) is 1. The van der Waals surface area contributed by atoms with Crippen molar-refractivity contribution in [3.63, 3.8) is 0 Å². The summed E-state index contributed by atoms with van der Waals surface area (Å²) in [4.78, 5) is 25.7. The van der Waals surface area contributed by atoms with Gasteiger partial charge in [0, 0.05) is 38.0 Å². The molecular formula is C15H27N3O2. The van der Waals surface area contributed by atoms with Crippen molar-refractivity contribution < 1.29 is 9.59 Å². The van der Waals surface area contributed by atoms with Gasteiger partial charge in [-0.2, -0.15) is 0 Å². The van der Waals surface area contributed by atoms with Crippen molar-refractivity contribution in [3.8, 4) is 0 Å². The first kappa shape index (κ1) is 15.3. The summed E-state index contributed by atoms with van der Waals surface area (Å²) in [5.41, 5.74) is 5.82. The standard InChI is InChI=1S/C15H27N3O2/c16-13-7-6-12(11-13)15(20)17-8-4-10-18-9-3-1-2-5-14(18)19/h12-13H,1-11,16H2,(H,17,20). The molecule has 5 heteroatoms. The molecule has 0 aromatic heterocycles. The molecule has 114 valence electrons. The number of nitrogens with two attached hydrogens (primary N) is 1. The Hall–Kier alpha value is -1.10. The summed E-state index contributed by atoms with van der Waals surface area (Å²) in [6.45, 7) is 2.31. The highest BCUT2D eigenvalue weighted by molar-refractivity contribution is 5.79. The maximum absolute atomic E-state index is 11.9. The molecule has 0 radical (unpaired) electrons. The van der Waals surface area contributed by atoms with Gasteiger partial charge in [0.2, 0.25) is 11.8 Å². The molecule has 2 fully saturated rings. The summed E-state index contributed by atoms with van der Waals surface area (Å²) in [5.74, 6) is 0.514. The zero-order chi connectivity index (χ0) is 14.4. The molecule has 1 heterocycles. The van der Waals surface area contributed by atoms with Crippen LogP contribution in [0.15, 0.2) is 0 Å². The summed E-state index contributed by atoms with van der Waals surface area (Å²) in [7, 11) is 0. The molecule has 1 aliphatic heterocycles. The van der Waals surface area contributed by atoms with Crippen molar-refractivity contribution in [1.29, 1.82) is 0 Å². The molecule has 2 rings (SSSR count). The fourth-order valence-corrected chi connectivity index (χ4v) is 3.16. The minimum Gasteiger partial charge on any atom is -0.356 e. The number of nitrogens with one attached hydrogen (secondary N) is 1. The molecule has 0 spiro atoms. The lowest BCUT2D eigenvalue weighted by Crippen LogP contribution is -2.35. The molecule has 0 aromatic rings. The summed E-state index contributed by atoms with van der Waals surface area (Å²) in [6.07, 6.45) is 7.50. The third-order valence-electron chi connectivity index (χ3n) is 4.42. The molecule has 2 amide bonds. The van der Waals surface area contributed by atoms with E-state index in [-0.39, 0.29) is 23.8 Å². The Kier molecular flexibility index (Phi) is 5.83. The lowest BCUT2D eigenvalue weighted by molar-refractivity contribution is -0.130. The van der Waals surface area contributed by atoms with E-state index < -0.39 is 0 Å². The number of amides is 2. The molecule has 0 bridgehead atoms. The van der Waals surface area contributed by atoms with Crippen molar-refractivity contribution in [2.45, 2.75) is 57.4 Å². The third-order valence-corrected chi connectivity index (χ3v) is 4.42. The van der Waals surface area contributed by atoms with E-state index >= 15 is 0 Å². The summed E-state index contributed by atoms with van der Waals surface area (Å²) in [5, 5.41) is 2.98. The van der Waals surface area contributed by atoms with Crippen LogP contribution < -0.4 is 11.1 Å². The van der Waals surface area contributed by atoms with E-state index in [1.807, 2.05) is 4.90 Å². The van der Waals surface area contributed by atoms with Gasteiger partial charge in [0.05, 0.1) is 0 Å². The molecule has 2 atom stereocenters. The lowest BCUT2D eigenvalue weighted by atomic mass is 10.1. The highest BCUT2D eigenvalue weighted by atomic mass is 16.2. The highest BCUT2D eigenvalue weighted by Crippen LogP contribution is 2.23. The molecule has 1 saturated carbocycles. The monoisotopic (exact) mass is 281 g/mol. The number of hydrogen-bond donors (Lipinski definition) is 2. The number of hydrogen-bond acceptors (Lipinski definition) is 3. The predicted molar refractivity (Wildman–Crippen MR) is 78.0 cm³/mol. The third kappa shape index (κ3) is 4.47. The maximum Gasteiger partial charge on any atom is 0.223 e. The summed E-state index contributed by atoms with van der Waals surface area (Å²) in [6, 6.07) is 0.195. The molecule has 2 unspecified atom stereocenters. The van der Waals surface area contributed by atoms with Crippen LogP contribution in [0.3, 0.4) is 0 Å². The van der Waals surface area contributed by atoms with E-state index in [1.54, 1.807) is 0 Å². The van der Waals surface area contributed by atoms with Gasteiger partial charge in [-0.05, 0) is 38.5 Å². The molecule has 20 heavy (non-hydrogen) atoms. The highest BCUT2D eigenvalue weighted by Gasteiger charge is 2.27. The largest absolute Gasteiger partial charge is 0.356 e. The van der Waals surface area contributed by atoms with Crippen molar-refractivity contribution in [2.24, 2.45) is 11.7 Å². The molecule has 3 N–H and O–H groups in total. The Balaban J connectivity index is 1.61. The topological polar surface area (TPSA) is 75.4 Å². The Morgan fingerprint density at radius 2 is 2.15 bits per heavy atom. The first-order valence-corrected chi connectivity index (χ1v) is 7.98. The van der Waals surface area contributed by atoms with Gasteiger partial charge in [-0.15, -0.1) is 0 Å². The van der Waals surface area contributed by atoms with Crippen LogP contribution in [0.4, 0.5) is 0 Å². The van der Waals surface area contributed by atoms with Crippen molar-refractivity contribution in [3.05, 3.63) is 0 Å². The Morgan fingerprint density at radius 3 is 2.90 bits per heavy atom. The quantitative estimate of drug-likeness (QED) is 0.739. The average Bonchev–Trinajstić information content (AvgIpc) is 2.76. The molecule has 2 aliphatic rings. The van der Waals surface area contributed by atoms with Gasteiger partial charge in [-0.25, -0.2) is 0 Å². The normalized spacial score (nSPS) is 27.4. The van der Waals surface area contributed by atoms with E-state index in [4.69, 9.17) is 5.73 Å². The zero-order valence-corrected chi connectivity index (χ0v) is 12.3. The fraction of sp³-hybridized carbons (Fsp3) is 0.867. The van der Waals surface area contributed by atoms with Crippen molar-refractivity contribution in [1.82, 2.24) is 10.2 Å². The van der Waals surface area contributed by atoms with Crippen LogP contribution in [0.2, 0.25) is 0 Å². The second kappa shape index (κ2) is 7.62. The van der Waals surface area contributed by atoms with Gasteiger partial charge < -0.3 is 16.0 Å². The maximum atomic E-state index is 11.9. The van der Waals surface area contributed by atoms with Crippen LogP contribution in [0.5, 0.6) is 0 Å². The van der Waals surface area contributed by atoms with Gasteiger partial charge in [-0.1, -0.05) is 6.42 Å². The number of carbonyl (C=O) groups excluding carboxylic acids is 2. The summed E-state index contributed by atoms with van der Waals surface area (Å²) < 4.78 is 0. The van der Waals surface area contributed by atoms with Gasteiger partial charge in [0.25, 0.3) is 0 Å². The summed E-state index contributed by atoms with van der Waals surface area (Å²) >= 11 is 0. The predicted octanol–water partition coefficient (Wildman–Crippen LogP) is 1.02. The fourth-order valence-electron chi connectivity index (χ4n) is 3.16. The lowest BCUT2D eigenvalue weighted by Gasteiger charge is -2.20. The van der Waals surface area contributed by atoms with Crippen LogP contribution in [0.25, 0.3) is 0 Å². The SMILES string of the molecule is NC1CCC(C(=O)NCCCN2CCCCCC2=O)C1. The average molecular weight is 281 g/mol. The smallest absolute Gasteiger partial charge is 0.223 e. The van der Waals surface area contributed by atoms with Crippen LogP contribution in [0, 0.1) is 5.92 Å². The number of nitrogens with zero attached hydrogens (tertiary/aromatic N) is 1. The van der Waals surface area contributed by atoms with E-state index in [2.05, 4.69) is 5.32 Å².